The number of ether oxygens (including phenoxy) is 1. The van der Waals surface area contributed by atoms with Crippen molar-refractivity contribution < 1.29 is 19.7 Å². The molecular formula is C22H27NO4. The Morgan fingerprint density at radius 1 is 1.26 bits per heavy atom. The number of carbonyl (C=O) groups is 1. The second-order valence-electron chi connectivity index (χ2n) is 7.54. The number of hydrogen-bond donors (Lipinski definition) is 3. The summed E-state index contributed by atoms with van der Waals surface area (Å²) in [7, 11) is 0. The first-order valence-corrected chi connectivity index (χ1v) is 9.28. The molecule has 1 unspecified atom stereocenters. The van der Waals surface area contributed by atoms with Crippen molar-refractivity contribution in [1.29, 1.82) is 0 Å². The first kappa shape index (κ1) is 19.4. The summed E-state index contributed by atoms with van der Waals surface area (Å²) < 4.78 is 6.29. The minimum absolute atomic E-state index is 0.0762. The number of aryl methyl sites for hydroxylation is 2. The van der Waals surface area contributed by atoms with Crippen LogP contribution in [0, 0.1) is 13.8 Å². The fourth-order valence-corrected chi connectivity index (χ4v) is 3.52. The zero-order valence-corrected chi connectivity index (χ0v) is 16.1. The van der Waals surface area contributed by atoms with Gasteiger partial charge in [-0.05, 0) is 67.5 Å². The largest absolute Gasteiger partial charge is 0.485 e. The molecule has 27 heavy (non-hydrogen) atoms. The van der Waals surface area contributed by atoms with Crippen LogP contribution in [0.4, 0.5) is 0 Å². The minimum Gasteiger partial charge on any atom is -0.485 e. The van der Waals surface area contributed by atoms with E-state index >= 15 is 0 Å². The molecule has 3 N–H and O–H groups in total. The molecule has 0 aliphatic heterocycles. The maximum atomic E-state index is 11.3. The van der Waals surface area contributed by atoms with Gasteiger partial charge in [0.05, 0.1) is 6.61 Å². The Balaban J connectivity index is 1.70. The first-order chi connectivity index (χ1) is 12.8. The Hall–Kier alpha value is -2.37. The maximum Gasteiger partial charge on any atom is 0.326 e. The normalized spacial score (nSPS) is 18.0. The molecule has 0 spiro atoms. The lowest BCUT2D eigenvalue weighted by molar-refractivity contribution is -0.145. The van der Waals surface area contributed by atoms with Crippen LogP contribution in [0.2, 0.25) is 0 Å². The van der Waals surface area contributed by atoms with Gasteiger partial charge in [0.2, 0.25) is 0 Å². The Morgan fingerprint density at radius 3 is 2.70 bits per heavy atom. The minimum atomic E-state index is -1.35. The van der Waals surface area contributed by atoms with Crippen LogP contribution >= 0.6 is 0 Å². The average molecular weight is 369 g/mol. The summed E-state index contributed by atoms with van der Waals surface area (Å²) in [6, 6.07) is 12.2. The second-order valence-corrected chi connectivity index (χ2v) is 7.54. The monoisotopic (exact) mass is 369 g/mol. The van der Waals surface area contributed by atoms with Crippen LogP contribution < -0.4 is 10.1 Å². The van der Waals surface area contributed by atoms with Gasteiger partial charge in [-0.15, -0.1) is 0 Å². The number of fused-ring (bicyclic) bond motifs is 1. The molecule has 5 nitrogen and oxygen atoms in total. The molecule has 0 radical (unpaired) electrons. The number of aliphatic hydroxyl groups excluding tert-OH is 1. The lowest BCUT2D eigenvalue weighted by atomic mass is 10.0. The van der Waals surface area contributed by atoms with Crippen molar-refractivity contribution in [2.45, 2.75) is 51.8 Å². The van der Waals surface area contributed by atoms with Crippen LogP contribution in [0.3, 0.4) is 0 Å². The van der Waals surface area contributed by atoms with Crippen LogP contribution in [0.15, 0.2) is 36.4 Å². The molecule has 0 fully saturated rings. The lowest BCUT2D eigenvalue weighted by Gasteiger charge is -2.24. The van der Waals surface area contributed by atoms with Crippen molar-refractivity contribution in [3.63, 3.8) is 0 Å². The third-order valence-electron chi connectivity index (χ3n) is 5.43. The molecule has 1 aliphatic carbocycles. The molecule has 0 saturated carbocycles. The zero-order chi connectivity index (χ0) is 19.6. The third-order valence-corrected chi connectivity index (χ3v) is 5.43. The summed E-state index contributed by atoms with van der Waals surface area (Å²) >= 11 is 0. The molecule has 0 saturated heterocycles. The lowest BCUT2D eigenvalue weighted by Crippen LogP contribution is -2.52. The highest BCUT2D eigenvalue weighted by atomic mass is 16.5. The van der Waals surface area contributed by atoms with Crippen LogP contribution in [0.25, 0.3) is 0 Å². The van der Waals surface area contributed by atoms with Crippen molar-refractivity contribution in [2.24, 2.45) is 0 Å². The van der Waals surface area contributed by atoms with E-state index in [9.17, 15) is 15.0 Å². The number of aliphatic hydroxyl groups is 1. The van der Waals surface area contributed by atoms with Crippen LogP contribution in [0.1, 0.15) is 47.3 Å². The fourth-order valence-electron chi connectivity index (χ4n) is 3.52. The molecule has 2 aromatic rings. The molecule has 0 amide bonds. The van der Waals surface area contributed by atoms with Crippen molar-refractivity contribution in [3.05, 3.63) is 64.2 Å². The molecule has 2 atom stereocenters. The van der Waals surface area contributed by atoms with Gasteiger partial charge in [-0.1, -0.05) is 30.3 Å². The Bertz CT molecular complexity index is 848. The second kappa shape index (κ2) is 7.71. The van der Waals surface area contributed by atoms with E-state index in [-0.39, 0.29) is 6.10 Å². The molecule has 1 aliphatic rings. The van der Waals surface area contributed by atoms with Crippen molar-refractivity contribution in [2.75, 3.05) is 6.61 Å². The third kappa shape index (κ3) is 3.99. The fraction of sp³-hybridized carbons (Fsp3) is 0.409. The quantitative estimate of drug-likeness (QED) is 0.698. The predicted molar refractivity (Wildman–Crippen MR) is 104 cm³/mol. The molecule has 0 aromatic heterocycles. The maximum absolute atomic E-state index is 11.3. The zero-order valence-electron chi connectivity index (χ0n) is 16.1. The summed E-state index contributed by atoms with van der Waals surface area (Å²) in [4.78, 5) is 11.3. The molecule has 5 heteroatoms. The van der Waals surface area contributed by atoms with Crippen molar-refractivity contribution in [1.82, 2.24) is 5.32 Å². The summed E-state index contributed by atoms with van der Waals surface area (Å²) in [5, 5.41) is 21.5. The Labute approximate surface area is 160 Å². The van der Waals surface area contributed by atoms with Gasteiger partial charge >= 0.3 is 5.97 Å². The van der Waals surface area contributed by atoms with Gasteiger partial charge in [0.1, 0.15) is 17.4 Å². The predicted octanol–water partition coefficient (Wildman–Crippen LogP) is 3.29. The van der Waals surface area contributed by atoms with Crippen LogP contribution in [-0.2, 0) is 17.8 Å². The number of carboxylic acid groups (broad SMARTS) is 1. The van der Waals surface area contributed by atoms with Gasteiger partial charge in [-0.2, -0.15) is 0 Å². The van der Waals surface area contributed by atoms with Gasteiger partial charge in [-0.3, -0.25) is 10.1 Å². The summed E-state index contributed by atoms with van der Waals surface area (Å²) in [5.41, 5.74) is 4.61. The standard InChI is InChI=1S/C22H27NO4/c1-14-5-4-6-18-17(14)8-10-20(18)27-19-9-7-16(11-15(19)2)12-23-22(3,13-24)21(25)26/h4-7,9,11,20,23-24H,8,10,12-13H2,1-3H3,(H,25,26)/t20?,22-/m0/s1. The molecular weight excluding hydrogens is 342 g/mol. The van der Waals surface area contributed by atoms with E-state index in [0.29, 0.717) is 6.54 Å². The van der Waals surface area contributed by atoms with E-state index in [0.717, 1.165) is 29.7 Å². The van der Waals surface area contributed by atoms with Gasteiger partial charge < -0.3 is 14.9 Å². The molecule has 0 bridgehead atoms. The van der Waals surface area contributed by atoms with E-state index in [1.807, 2.05) is 25.1 Å². The number of carboxylic acids is 1. The Kier molecular flexibility index (Phi) is 5.53. The number of rotatable bonds is 7. The topological polar surface area (TPSA) is 78.8 Å². The van der Waals surface area contributed by atoms with E-state index in [4.69, 9.17) is 4.74 Å². The van der Waals surface area contributed by atoms with Gasteiger partial charge in [0, 0.05) is 6.54 Å². The van der Waals surface area contributed by atoms with Crippen molar-refractivity contribution in [3.8, 4) is 5.75 Å². The summed E-state index contributed by atoms with van der Waals surface area (Å²) in [6.45, 7) is 5.50. The highest BCUT2D eigenvalue weighted by Gasteiger charge is 2.31. The highest BCUT2D eigenvalue weighted by molar-refractivity contribution is 5.78. The molecule has 3 rings (SSSR count). The van der Waals surface area contributed by atoms with Crippen LogP contribution in [0.5, 0.6) is 5.75 Å². The van der Waals surface area contributed by atoms with Crippen LogP contribution in [-0.4, -0.2) is 28.3 Å². The van der Waals surface area contributed by atoms with Crippen molar-refractivity contribution >= 4 is 5.97 Å². The molecule has 0 heterocycles. The first-order valence-electron chi connectivity index (χ1n) is 9.28. The number of hydrogen-bond acceptors (Lipinski definition) is 4. The van der Waals surface area contributed by atoms with E-state index < -0.39 is 18.1 Å². The van der Waals surface area contributed by atoms with Gasteiger partial charge in [-0.25, -0.2) is 0 Å². The number of nitrogens with one attached hydrogen (secondary N) is 1. The van der Waals surface area contributed by atoms with E-state index in [1.165, 1.54) is 23.6 Å². The number of benzene rings is 2. The average Bonchev–Trinajstić information content (AvgIpc) is 3.06. The smallest absolute Gasteiger partial charge is 0.326 e. The summed E-state index contributed by atoms with van der Waals surface area (Å²) in [6.07, 6.45) is 2.10. The van der Waals surface area contributed by atoms with Gasteiger partial charge in [0.15, 0.2) is 0 Å². The van der Waals surface area contributed by atoms with E-state index in [2.05, 4.69) is 30.4 Å². The highest BCUT2D eigenvalue weighted by Crippen LogP contribution is 2.37. The SMILES string of the molecule is Cc1cc(CN[C@@](C)(CO)C(=O)O)ccc1OC1CCc2c(C)cccc21. The van der Waals surface area contributed by atoms with E-state index in [1.54, 1.807) is 0 Å². The molecule has 2 aromatic carbocycles. The Morgan fingerprint density at radius 2 is 2.04 bits per heavy atom. The molecule has 144 valence electrons. The number of aliphatic carboxylic acids is 1. The van der Waals surface area contributed by atoms with Gasteiger partial charge in [0.25, 0.3) is 0 Å². The summed E-state index contributed by atoms with van der Waals surface area (Å²) in [5.74, 6) is -0.224.